The summed E-state index contributed by atoms with van der Waals surface area (Å²) in [6.45, 7) is 2.41. The molecule has 1 N–H and O–H groups in total. The number of nitrogens with zero attached hydrogens (tertiary/aromatic N) is 6. The summed E-state index contributed by atoms with van der Waals surface area (Å²) in [5, 5.41) is 14.7. The highest BCUT2D eigenvalue weighted by atomic mass is 35.5. The monoisotopic (exact) mass is 441 g/mol. The number of fused-ring (bicyclic) bond motifs is 1. The second kappa shape index (κ2) is 8.37. The molecule has 0 unspecified atom stereocenters. The summed E-state index contributed by atoms with van der Waals surface area (Å²) >= 11 is 7.66. The Morgan fingerprint density at radius 3 is 2.83 bits per heavy atom. The second-order valence-electron chi connectivity index (χ2n) is 6.95. The Labute approximate surface area is 182 Å². The summed E-state index contributed by atoms with van der Waals surface area (Å²) in [7, 11) is 3.69. The largest absolute Gasteiger partial charge is 0.325 e. The van der Waals surface area contributed by atoms with E-state index in [9.17, 15) is 4.79 Å². The molecule has 0 aliphatic rings. The van der Waals surface area contributed by atoms with E-state index in [2.05, 4.69) is 20.3 Å². The molecule has 0 aromatic carbocycles. The number of hydrazone groups is 1. The smallest absolute Gasteiger partial charge is 0.167 e. The SMILES string of the molecule is Cc1ccc(CN(C)/N=C\c2c(C=O)n(C)c3nc(Cc4cc[nH]n4)sc23)nc1Cl. The third-order valence-electron chi connectivity index (χ3n) is 4.72. The van der Waals surface area contributed by atoms with E-state index < -0.39 is 0 Å². The third kappa shape index (κ3) is 3.99. The van der Waals surface area contributed by atoms with Crippen LogP contribution in [0.4, 0.5) is 0 Å². The van der Waals surface area contributed by atoms with Gasteiger partial charge in [-0.2, -0.15) is 10.2 Å². The third-order valence-corrected chi connectivity index (χ3v) is 6.18. The molecule has 0 amide bonds. The van der Waals surface area contributed by atoms with Gasteiger partial charge in [0.05, 0.1) is 34.5 Å². The van der Waals surface area contributed by atoms with Gasteiger partial charge < -0.3 is 4.57 Å². The number of hydrogen-bond donors (Lipinski definition) is 1. The lowest BCUT2D eigenvalue weighted by Crippen LogP contribution is -2.12. The number of pyridine rings is 1. The molecule has 4 aromatic rings. The molecule has 10 heteroatoms. The van der Waals surface area contributed by atoms with Gasteiger partial charge in [-0.15, -0.1) is 11.3 Å². The fourth-order valence-corrected chi connectivity index (χ4v) is 4.42. The van der Waals surface area contributed by atoms with E-state index >= 15 is 0 Å². The van der Waals surface area contributed by atoms with Crippen molar-refractivity contribution in [2.75, 3.05) is 7.05 Å². The molecule has 0 aliphatic heterocycles. The van der Waals surface area contributed by atoms with Gasteiger partial charge in [-0.25, -0.2) is 9.97 Å². The lowest BCUT2D eigenvalue weighted by Gasteiger charge is -2.12. The van der Waals surface area contributed by atoms with E-state index in [0.29, 0.717) is 23.8 Å². The molecule has 0 atom stereocenters. The number of thiazole rings is 1. The first kappa shape index (κ1) is 20.2. The molecule has 0 aliphatic carbocycles. The lowest BCUT2D eigenvalue weighted by atomic mass is 10.2. The number of aromatic nitrogens is 5. The average molecular weight is 442 g/mol. The summed E-state index contributed by atoms with van der Waals surface area (Å²) < 4.78 is 2.73. The number of aryl methyl sites for hydroxylation is 2. The molecule has 0 saturated heterocycles. The van der Waals surface area contributed by atoms with Crippen LogP contribution in [0.2, 0.25) is 5.15 Å². The molecule has 30 heavy (non-hydrogen) atoms. The Hall–Kier alpha value is -3.04. The Kier molecular flexibility index (Phi) is 5.65. The van der Waals surface area contributed by atoms with E-state index in [0.717, 1.165) is 44.2 Å². The predicted octanol–water partition coefficient (Wildman–Crippen LogP) is 3.58. The minimum Gasteiger partial charge on any atom is -0.325 e. The van der Waals surface area contributed by atoms with Crippen molar-refractivity contribution < 1.29 is 4.79 Å². The number of nitrogens with one attached hydrogen (secondary N) is 1. The molecular formula is C20H20ClN7OS. The molecule has 0 fully saturated rings. The second-order valence-corrected chi connectivity index (χ2v) is 8.39. The van der Waals surface area contributed by atoms with Gasteiger partial charge in [0.15, 0.2) is 11.9 Å². The molecule has 0 saturated carbocycles. The van der Waals surface area contributed by atoms with E-state index in [1.54, 1.807) is 33.3 Å². The van der Waals surface area contributed by atoms with Crippen LogP contribution in [0.3, 0.4) is 0 Å². The van der Waals surface area contributed by atoms with Crippen LogP contribution < -0.4 is 0 Å². The zero-order valence-electron chi connectivity index (χ0n) is 16.8. The van der Waals surface area contributed by atoms with E-state index in [1.165, 1.54) is 0 Å². The zero-order valence-corrected chi connectivity index (χ0v) is 18.3. The number of rotatable bonds is 7. The number of aldehydes is 1. The molecule has 4 rings (SSSR count). The van der Waals surface area contributed by atoms with Crippen molar-refractivity contribution in [2.24, 2.45) is 12.1 Å². The van der Waals surface area contributed by atoms with Crippen LogP contribution in [-0.2, 0) is 20.0 Å². The maximum Gasteiger partial charge on any atom is 0.167 e. The fourth-order valence-electron chi connectivity index (χ4n) is 3.12. The molecule has 4 aromatic heterocycles. The Bertz CT molecular complexity index is 1230. The van der Waals surface area contributed by atoms with Crippen molar-refractivity contribution in [3.05, 3.63) is 62.8 Å². The van der Waals surface area contributed by atoms with E-state index in [4.69, 9.17) is 16.6 Å². The van der Waals surface area contributed by atoms with E-state index in [-0.39, 0.29) is 0 Å². The first-order valence-corrected chi connectivity index (χ1v) is 10.4. The minimum atomic E-state index is 0.493. The van der Waals surface area contributed by atoms with Gasteiger partial charge in [0.2, 0.25) is 0 Å². The van der Waals surface area contributed by atoms with Crippen molar-refractivity contribution in [3.8, 4) is 0 Å². The first-order chi connectivity index (χ1) is 14.5. The number of hydrogen-bond acceptors (Lipinski definition) is 7. The van der Waals surface area contributed by atoms with Crippen molar-refractivity contribution in [2.45, 2.75) is 19.9 Å². The number of carbonyl (C=O) groups is 1. The Morgan fingerprint density at radius 1 is 1.30 bits per heavy atom. The molecule has 0 radical (unpaired) electrons. The highest BCUT2D eigenvalue weighted by molar-refractivity contribution is 7.19. The van der Waals surface area contributed by atoms with E-state index in [1.807, 2.05) is 39.2 Å². The molecule has 8 nitrogen and oxygen atoms in total. The average Bonchev–Trinajstić information content (AvgIpc) is 3.42. The maximum atomic E-state index is 11.7. The summed E-state index contributed by atoms with van der Waals surface area (Å²) in [6.07, 6.45) is 4.97. The van der Waals surface area contributed by atoms with Gasteiger partial charge >= 0.3 is 0 Å². The van der Waals surface area contributed by atoms with Crippen LogP contribution >= 0.6 is 22.9 Å². The van der Waals surface area contributed by atoms with Crippen LogP contribution in [-0.4, -0.2) is 49.3 Å². The number of carbonyl (C=O) groups excluding carboxylic acids is 1. The fraction of sp³-hybridized carbons (Fsp3) is 0.250. The number of halogens is 1. The quantitative estimate of drug-likeness (QED) is 0.205. The number of H-pyrrole nitrogens is 1. The van der Waals surface area contributed by atoms with Crippen LogP contribution in [0.1, 0.15) is 38.0 Å². The Morgan fingerprint density at radius 2 is 2.13 bits per heavy atom. The first-order valence-electron chi connectivity index (χ1n) is 9.25. The van der Waals surface area contributed by atoms with Crippen LogP contribution in [0.5, 0.6) is 0 Å². The van der Waals surface area contributed by atoms with Crippen molar-refractivity contribution in [1.82, 2.24) is 29.7 Å². The molecule has 154 valence electrons. The topological polar surface area (TPSA) is 92.1 Å². The highest BCUT2D eigenvalue weighted by Crippen LogP contribution is 2.30. The van der Waals surface area contributed by atoms with Crippen molar-refractivity contribution in [3.63, 3.8) is 0 Å². The summed E-state index contributed by atoms with van der Waals surface area (Å²) in [6, 6.07) is 5.78. The van der Waals surface area contributed by atoms with Gasteiger partial charge in [0.1, 0.15) is 10.2 Å². The van der Waals surface area contributed by atoms with Crippen LogP contribution in [0.25, 0.3) is 10.3 Å². The minimum absolute atomic E-state index is 0.493. The standard InChI is InChI=1S/C20H20ClN7OS/c1-12-4-5-14(24-19(12)21)10-27(2)23-9-15-16(11-29)28(3)20-18(15)30-17(25-20)8-13-6-7-22-26-13/h4-7,9,11H,8,10H2,1-3H3,(H,22,26)/b23-9-. The number of aromatic amines is 1. The van der Waals surface area contributed by atoms with Crippen LogP contribution in [0.15, 0.2) is 29.5 Å². The van der Waals surface area contributed by atoms with Crippen molar-refractivity contribution >= 4 is 45.8 Å². The Balaban J connectivity index is 1.60. The van der Waals surface area contributed by atoms with Crippen LogP contribution in [0, 0.1) is 6.92 Å². The summed E-state index contributed by atoms with van der Waals surface area (Å²) in [5.74, 6) is 0. The lowest BCUT2D eigenvalue weighted by molar-refractivity contribution is 0.111. The maximum absolute atomic E-state index is 11.7. The zero-order chi connectivity index (χ0) is 21.3. The molecule has 4 heterocycles. The van der Waals surface area contributed by atoms with Gasteiger partial charge in [-0.05, 0) is 24.6 Å². The summed E-state index contributed by atoms with van der Waals surface area (Å²) in [4.78, 5) is 20.8. The summed E-state index contributed by atoms with van der Waals surface area (Å²) in [5.41, 5.74) is 4.74. The van der Waals surface area contributed by atoms with Gasteiger partial charge in [0, 0.05) is 32.3 Å². The predicted molar refractivity (Wildman–Crippen MR) is 118 cm³/mol. The van der Waals surface area contributed by atoms with Gasteiger partial charge in [-0.3, -0.25) is 14.9 Å². The van der Waals surface area contributed by atoms with Gasteiger partial charge in [-0.1, -0.05) is 17.7 Å². The highest BCUT2D eigenvalue weighted by Gasteiger charge is 2.19. The van der Waals surface area contributed by atoms with Gasteiger partial charge in [0.25, 0.3) is 0 Å². The van der Waals surface area contributed by atoms with Crippen molar-refractivity contribution in [1.29, 1.82) is 0 Å². The normalized spacial score (nSPS) is 11.6. The molecule has 0 bridgehead atoms. The molecular weight excluding hydrogens is 422 g/mol. The molecule has 0 spiro atoms.